The van der Waals surface area contributed by atoms with Crippen molar-refractivity contribution in [1.29, 1.82) is 5.26 Å². The number of anilines is 1. The molecule has 88 valence electrons. The van der Waals surface area contributed by atoms with Gasteiger partial charge in [-0.05, 0) is 36.4 Å². The summed E-state index contributed by atoms with van der Waals surface area (Å²) in [5.74, 6) is -0.269. The molecule has 2 aromatic carbocycles. The standard InChI is InChI=1S/C14H9ClN2O/c15-12-5-2-6-13(8-12)17-14(18)11-4-1-3-10(7-11)9-16/h1-8H,(H,17,18). The molecule has 2 aromatic rings. The Morgan fingerprint density at radius 2 is 1.94 bits per heavy atom. The number of carbonyl (C=O) groups excluding carboxylic acids is 1. The van der Waals surface area contributed by atoms with E-state index >= 15 is 0 Å². The van der Waals surface area contributed by atoms with Gasteiger partial charge in [0.1, 0.15) is 0 Å². The molecular formula is C14H9ClN2O. The molecule has 0 unspecified atom stereocenters. The van der Waals surface area contributed by atoms with E-state index in [0.717, 1.165) is 0 Å². The Balaban J connectivity index is 2.20. The number of benzene rings is 2. The number of carbonyl (C=O) groups is 1. The molecule has 0 aliphatic carbocycles. The van der Waals surface area contributed by atoms with Crippen LogP contribution in [0.2, 0.25) is 5.02 Å². The van der Waals surface area contributed by atoms with Crippen molar-refractivity contribution in [3.05, 3.63) is 64.7 Å². The quantitative estimate of drug-likeness (QED) is 0.895. The van der Waals surface area contributed by atoms with Gasteiger partial charge >= 0.3 is 0 Å². The molecule has 0 saturated carbocycles. The molecule has 0 heterocycles. The second-order valence-electron chi connectivity index (χ2n) is 3.66. The van der Waals surface area contributed by atoms with Gasteiger partial charge in [0.15, 0.2) is 0 Å². The van der Waals surface area contributed by atoms with Gasteiger partial charge < -0.3 is 5.32 Å². The molecule has 0 fully saturated rings. The van der Waals surface area contributed by atoms with Crippen LogP contribution in [-0.2, 0) is 0 Å². The van der Waals surface area contributed by atoms with Crippen LogP contribution in [0.3, 0.4) is 0 Å². The van der Waals surface area contributed by atoms with Gasteiger partial charge in [-0.15, -0.1) is 0 Å². The van der Waals surface area contributed by atoms with E-state index in [9.17, 15) is 4.79 Å². The Kier molecular flexibility index (Phi) is 3.61. The number of halogens is 1. The van der Waals surface area contributed by atoms with E-state index in [1.165, 1.54) is 0 Å². The molecule has 3 nitrogen and oxygen atoms in total. The molecule has 4 heteroatoms. The first kappa shape index (κ1) is 12.2. The maximum Gasteiger partial charge on any atom is 0.255 e. The Hall–Kier alpha value is -2.31. The summed E-state index contributed by atoms with van der Waals surface area (Å²) in [4.78, 5) is 11.9. The summed E-state index contributed by atoms with van der Waals surface area (Å²) in [6.07, 6.45) is 0. The summed E-state index contributed by atoms with van der Waals surface area (Å²) in [6, 6.07) is 15.4. The van der Waals surface area contributed by atoms with Gasteiger partial charge in [-0.3, -0.25) is 4.79 Å². The van der Waals surface area contributed by atoms with E-state index in [0.29, 0.717) is 21.8 Å². The topological polar surface area (TPSA) is 52.9 Å². The van der Waals surface area contributed by atoms with E-state index in [1.54, 1.807) is 48.5 Å². The van der Waals surface area contributed by atoms with Crippen molar-refractivity contribution in [2.75, 3.05) is 5.32 Å². The van der Waals surface area contributed by atoms with Crippen LogP contribution < -0.4 is 5.32 Å². The second kappa shape index (κ2) is 5.35. The fourth-order valence-electron chi connectivity index (χ4n) is 1.50. The molecule has 0 saturated heterocycles. The normalized spacial score (nSPS) is 9.56. The van der Waals surface area contributed by atoms with Gasteiger partial charge in [-0.2, -0.15) is 5.26 Å². The number of hydrogen-bond acceptors (Lipinski definition) is 2. The lowest BCUT2D eigenvalue weighted by molar-refractivity contribution is 0.102. The Bertz CT molecular complexity index is 632. The molecule has 0 radical (unpaired) electrons. The zero-order valence-electron chi connectivity index (χ0n) is 9.35. The summed E-state index contributed by atoms with van der Waals surface area (Å²) in [6.45, 7) is 0. The van der Waals surface area contributed by atoms with Gasteiger partial charge in [-0.1, -0.05) is 23.7 Å². The van der Waals surface area contributed by atoms with Crippen molar-refractivity contribution < 1.29 is 4.79 Å². The predicted molar refractivity (Wildman–Crippen MR) is 70.6 cm³/mol. The average Bonchev–Trinajstić information content (AvgIpc) is 2.39. The first-order valence-electron chi connectivity index (χ1n) is 5.26. The first-order valence-corrected chi connectivity index (χ1v) is 5.64. The highest BCUT2D eigenvalue weighted by atomic mass is 35.5. The van der Waals surface area contributed by atoms with E-state index in [4.69, 9.17) is 16.9 Å². The van der Waals surface area contributed by atoms with Crippen LogP contribution in [0.5, 0.6) is 0 Å². The van der Waals surface area contributed by atoms with Crippen LogP contribution >= 0.6 is 11.6 Å². The average molecular weight is 257 g/mol. The number of hydrogen-bond donors (Lipinski definition) is 1. The van der Waals surface area contributed by atoms with Gasteiger partial charge in [0.25, 0.3) is 5.91 Å². The number of rotatable bonds is 2. The zero-order valence-corrected chi connectivity index (χ0v) is 10.1. The highest BCUT2D eigenvalue weighted by Gasteiger charge is 2.06. The van der Waals surface area contributed by atoms with Crippen LogP contribution in [0.15, 0.2) is 48.5 Å². The lowest BCUT2D eigenvalue weighted by atomic mass is 10.1. The minimum absolute atomic E-state index is 0.269. The molecule has 1 N–H and O–H groups in total. The third-order valence-corrected chi connectivity index (χ3v) is 2.57. The minimum atomic E-state index is -0.269. The third kappa shape index (κ3) is 2.88. The summed E-state index contributed by atoms with van der Waals surface area (Å²) in [5, 5.41) is 12.0. The lowest BCUT2D eigenvalue weighted by Gasteiger charge is -2.05. The van der Waals surface area contributed by atoms with Crippen LogP contribution in [0.1, 0.15) is 15.9 Å². The number of amides is 1. The third-order valence-electron chi connectivity index (χ3n) is 2.34. The Labute approximate surface area is 110 Å². The van der Waals surface area contributed by atoms with E-state index in [-0.39, 0.29) is 5.91 Å². The monoisotopic (exact) mass is 256 g/mol. The Morgan fingerprint density at radius 3 is 2.67 bits per heavy atom. The van der Waals surface area contributed by atoms with Gasteiger partial charge in [-0.25, -0.2) is 0 Å². The first-order chi connectivity index (χ1) is 8.69. The van der Waals surface area contributed by atoms with Crippen LogP contribution in [0.4, 0.5) is 5.69 Å². The van der Waals surface area contributed by atoms with E-state index in [1.807, 2.05) is 6.07 Å². The van der Waals surface area contributed by atoms with E-state index < -0.39 is 0 Å². The molecule has 0 aliphatic rings. The fraction of sp³-hybridized carbons (Fsp3) is 0. The SMILES string of the molecule is N#Cc1cccc(C(=O)Nc2cccc(Cl)c2)c1. The largest absolute Gasteiger partial charge is 0.322 e. The highest BCUT2D eigenvalue weighted by molar-refractivity contribution is 6.30. The predicted octanol–water partition coefficient (Wildman–Crippen LogP) is 3.46. The van der Waals surface area contributed by atoms with Crippen molar-refractivity contribution in [1.82, 2.24) is 0 Å². The van der Waals surface area contributed by atoms with Crippen molar-refractivity contribution >= 4 is 23.2 Å². The van der Waals surface area contributed by atoms with Gasteiger partial charge in [0.2, 0.25) is 0 Å². The van der Waals surface area contributed by atoms with Crippen LogP contribution in [-0.4, -0.2) is 5.91 Å². The summed E-state index contributed by atoms with van der Waals surface area (Å²) >= 11 is 5.83. The molecule has 0 bridgehead atoms. The highest BCUT2D eigenvalue weighted by Crippen LogP contribution is 2.16. The fourth-order valence-corrected chi connectivity index (χ4v) is 1.69. The number of nitrogens with zero attached hydrogens (tertiary/aromatic N) is 1. The molecule has 0 aromatic heterocycles. The maximum atomic E-state index is 11.9. The van der Waals surface area contributed by atoms with Crippen LogP contribution in [0, 0.1) is 11.3 Å². The Morgan fingerprint density at radius 1 is 1.17 bits per heavy atom. The van der Waals surface area contributed by atoms with Crippen LogP contribution in [0.25, 0.3) is 0 Å². The number of nitrogens with one attached hydrogen (secondary N) is 1. The van der Waals surface area contributed by atoms with Gasteiger partial charge in [0.05, 0.1) is 11.6 Å². The molecule has 1 amide bonds. The number of nitriles is 1. The van der Waals surface area contributed by atoms with Crippen molar-refractivity contribution in [3.63, 3.8) is 0 Å². The van der Waals surface area contributed by atoms with Crippen molar-refractivity contribution in [3.8, 4) is 6.07 Å². The van der Waals surface area contributed by atoms with Crippen molar-refractivity contribution in [2.24, 2.45) is 0 Å². The van der Waals surface area contributed by atoms with E-state index in [2.05, 4.69) is 5.32 Å². The molecular weight excluding hydrogens is 248 g/mol. The summed E-state index contributed by atoms with van der Waals surface area (Å²) < 4.78 is 0. The molecule has 2 rings (SSSR count). The molecule has 18 heavy (non-hydrogen) atoms. The summed E-state index contributed by atoms with van der Waals surface area (Å²) in [7, 11) is 0. The molecule has 0 aliphatic heterocycles. The molecule has 0 atom stereocenters. The summed E-state index contributed by atoms with van der Waals surface area (Å²) in [5.41, 5.74) is 1.51. The molecule has 0 spiro atoms. The smallest absolute Gasteiger partial charge is 0.255 e. The lowest BCUT2D eigenvalue weighted by Crippen LogP contribution is -2.11. The second-order valence-corrected chi connectivity index (χ2v) is 4.09. The maximum absolute atomic E-state index is 11.9. The minimum Gasteiger partial charge on any atom is -0.322 e. The zero-order chi connectivity index (χ0) is 13.0. The van der Waals surface area contributed by atoms with Gasteiger partial charge in [0, 0.05) is 16.3 Å². The van der Waals surface area contributed by atoms with Crippen molar-refractivity contribution in [2.45, 2.75) is 0 Å².